The Morgan fingerprint density at radius 3 is 1.28 bits per heavy atom. The first kappa shape index (κ1) is 36.0. The SMILES string of the molecule is C1=CC2C=CC1C2.CC(C)(C)[PH+](c1nccn1[PH+](C(C)(C)C)C(C)(C)C)C(C)(C)C.F[B-](F)(F)F.[Rh]. The molecule has 1 aromatic rings. The molecule has 0 spiro atoms. The molecule has 2 aliphatic rings. The molecule has 3 rings (SSSR count). The zero-order valence-corrected chi connectivity index (χ0v) is 27.8. The topological polar surface area (TPSA) is 17.8 Å². The van der Waals surface area contributed by atoms with Crippen molar-refractivity contribution in [3.63, 3.8) is 0 Å². The maximum atomic E-state index is 9.75. The molecule has 0 atom stereocenters. The molecule has 2 bridgehead atoms. The van der Waals surface area contributed by atoms with E-state index in [0.29, 0.717) is 10.3 Å². The minimum Gasteiger partial charge on any atom is -0.418 e. The predicted octanol–water partition coefficient (Wildman–Crippen LogP) is 8.94. The van der Waals surface area contributed by atoms with Crippen molar-refractivity contribution in [3.8, 4) is 0 Å². The van der Waals surface area contributed by atoms with Gasteiger partial charge in [0.2, 0.25) is 0 Å². The third-order valence-corrected chi connectivity index (χ3v) is 13.5. The van der Waals surface area contributed by atoms with Gasteiger partial charge in [0.15, 0.2) is 0 Å². The van der Waals surface area contributed by atoms with E-state index in [-0.39, 0.29) is 29.8 Å². The standard InChI is InChI=1S/C19H38N2P2.C7H8.BF4.Rh/c1-16(2,3)22(17(4,5)6)15-20-13-14-21(15)23(18(7,8)9)19(10,11)12;1-2-7-4-3-6(1)5-7;2-1(3,4)5;/h13-14H,1-12H3;1-4,6-7H,5H2;;/q;;-1;/p+2. The second kappa shape index (κ2) is 12.9. The van der Waals surface area contributed by atoms with E-state index in [1.54, 1.807) is 0 Å². The number of fused-ring (bicyclic) bond motifs is 2. The molecular weight excluding hydrogens is 592 g/mol. The number of halogens is 4. The van der Waals surface area contributed by atoms with Crippen molar-refractivity contribution in [1.82, 2.24) is 9.32 Å². The van der Waals surface area contributed by atoms with Gasteiger partial charge < -0.3 is 17.3 Å². The van der Waals surface area contributed by atoms with Gasteiger partial charge in [-0.3, -0.25) is 0 Å². The fraction of sp³-hybridized carbons (Fsp3) is 0.731. The van der Waals surface area contributed by atoms with Crippen molar-refractivity contribution in [3.05, 3.63) is 36.7 Å². The van der Waals surface area contributed by atoms with Crippen molar-refractivity contribution in [1.29, 1.82) is 0 Å². The quantitative estimate of drug-likeness (QED) is 0.137. The summed E-state index contributed by atoms with van der Waals surface area (Å²) in [6.07, 6.45) is 14.9. The normalized spacial score (nSPS) is 19.6. The fourth-order valence-electron chi connectivity index (χ4n) is 5.64. The molecule has 1 aromatic heterocycles. The van der Waals surface area contributed by atoms with Gasteiger partial charge >= 0.3 is 7.25 Å². The number of hydrogen-bond acceptors (Lipinski definition) is 1. The summed E-state index contributed by atoms with van der Waals surface area (Å²) in [4.78, 5) is 4.93. The van der Waals surface area contributed by atoms with Gasteiger partial charge in [0.25, 0.3) is 5.57 Å². The van der Waals surface area contributed by atoms with Crippen LogP contribution in [0, 0.1) is 11.8 Å². The Labute approximate surface area is 233 Å². The minimum absolute atomic E-state index is 0. The van der Waals surface area contributed by atoms with Gasteiger partial charge in [-0.15, -0.1) is 0 Å². The van der Waals surface area contributed by atoms with Crippen LogP contribution in [0.5, 0.6) is 0 Å². The number of nitrogens with zero attached hydrogens (tertiary/aromatic N) is 2. The number of imidazole rings is 1. The van der Waals surface area contributed by atoms with E-state index in [9.17, 15) is 17.3 Å². The van der Waals surface area contributed by atoms with Crippen LogP contribution in [0.4, 0.5) is 17.3 Å². The van der Waals surface area contributed by atoms with E-state index in [2.05, 4.69) is 118 Å². The van der Waals surface area contributed by atoms with Crippen molar-refractivity contribution >= 4 is 28.8 Å². The Hall–Kier alpha value is -0.0417. The fourth-order valence-corrected chi connectivity index (χ4v) is 14.6. The van der Waals surface area contributed by atoms with E-state index < -0.39 is 23.2 Å². The van der Waals surface area contributed by atoms with Crippen LogP contribution in [0.2, 0.25) is 0 Å². The number of aromatic nitrogens is 2. The number of hydrogen-bond donors (Lipinski definition) is 0. The summed E-state index contributed by atoms with van der Waals surface area (Å²) >= 11 is 0. The van der Waals surface area contributed by atoms with Gasteiger partial charge in [0.1, 0.15) is 8.07 Å². The second-order valence-corrected chi connectivity index (χ2v) is 22.0. The van der Waals surface area contributed by atoms with Crippen molar-refractivity contribution in [2.75, 3.05) is 0 Å². The zero-order valence-electron chi connectivity index (χ0n) is 24.1. The molecule has 1 radical (unpaired) electrons. The largest absolute Gasteiger partial charge is 0.673 e. The molecule has 2 aliphatic carbocycles. The molecule has 36 heavy (non-hydrogen) atoms. The Kier molecular flexibility index (Phi) is 12.9. The molecule has 0 aromatic carbocycles. The minimum atomic E-state index is -6.00. The first-order valence-electron chi connectivity index (χ1n) is 12.5. The first-order valence-corrected chi connectivity index (χ1v) is 15.4. The monoisotopic (exact) mass is 640 g/mol. The third kappa shape index (κ3) is 11.8. The molecule has 1 heterocycles. The van der Waals surface area contributed by atoms with E-state index in [1.165, 1.54) is 12.0 Å². The number of allylic oxidation sites excluding steroid dienone is 4. The zero-order chi connectivity index (χ0) is 27.6. The van der Waals surface area contributed by atoms with Gasteiger partial charge in [-0.2, -0.15) is 4.34 Å². The van der Waals surface area contributed by atoms with Gasteiger partial charge in [-0.05, 0) is 101 Å². The van der Waals surface area contributed by atoms with E-state index in [4.69, 9.17) is 4.98 Å². The molecule has 0 fully saturated rings. The predicted molar refractivity (Wildman–Crippen MR) is 153 cm³/mol. The van der Waals surface area contributed by atoms with Gasteiger partial charge in [0.05, 0.1) is 40.9 Å². The van der Waals surface area contributed by atoms with E-state index in [1.807, 2.05) is 6.20 Å². The Bertz CT molecular complexity index is 764. The van der Waals surface area contributed by atoms with E-state index in [0.717, 1.165) is 11.8 Å². The maximum absolute atomic E-state index is 9.75. The molecule has 10 heteroatoms. The molecule has 0 aliphatic heterocycles. The van der Waals surface area contributed by atoms with Gasteiger partial charge in [-0.25, -0.2) is 4.98 Å². The first-order chi connectivity index (χ1) is 15.4. The molecule has 0 unspecified atom stereocenters. The molecule has 211 valence electrons. The third-order valence-electron chi connectivity index (χ3n) is 5.78. The summed E-state index contributed by atoms with van der Waals surface area (Å²) in [5.74, 6) is 1.62. The van der Waals surface area contributed by atoms with Crippen molar-refractivity contribution in [2.24, 2.45) is 11.8 Å². The average molecular weight is 640 g/mol. The van der Waals surface area contributed by atoms with Crippen molar-refractivity contribution in [2.45, 2.75) is 110 Å². The molecule has 2 nitrogen and oxygen atoms in total. The molecule has 0 saturated carbocycles. The Morgan fingerprint density at radius 2 is 1.06 bits per heavy atom. The van der Waals surface area contributed by atoms with Gasteiger partial charge in [-0.1, -0.05) is 24.3 Å². The van der Waals surface area contributed by atoms with Crippen LogP contribution in [0.25, 0.3) is 0 Å². The number of rotatable bonds is 2. The second-order valence-electron chi connectivity index (χ2n) is 13.7. The summed E-state index contributed by atoms with van der Waals surface area (Å²) in [5, 5.41) is 1.16. The Morgan fingerprint density at radius 1 is 0.722 bits per heavy atom. The van der Waals surface area contributed by atoms with Crippen LogP contribution in [0.1, 0.15) is 89.5 Å². The van der Waals surface area contributed by atoms with Crippen LogP contribution < -0.4 is 5.57 Å². The smallest absolute Gasteiger partial charge is 0.418 e. The summed E-state index contributed by atoms with van der Waals surface area (Å²) in [6, 6.07) is 0. The molecule has 0 saturated heterocycles. The van der Waals surface area contributed by atoms with Crippen LogP contribution in [0.3, 0.4) is 0 Å². The van der Waals surface area contributed by atoms with Crippen LogP contribution >= 0.6 is 16.0 Å². The summed E-state index contributed by atoms with van der Waals surface area (Å²) in [7, 11) is -7.65. The van der Waals surface area contributed by atoms with Crippen LogP contribution in [-0.4, -0.2) is 37.2 Å². The molecule has 0 amide bonds. The molecule has 0 N–H and O–H groups in total. The summed E-state index contributed by atoms with van der Waals surface area (Å²) < 4.78 is 41.6. The van der Waals surface area contributed by atoms with Gasteiger partial charge in [0, 0.05) is 19.5 Å². The van der Waals surface area contributed by atoms with Crippen LogP contribution in [0.15, 0.2) is 36.7 Å². The van der Waals surface area contributed by atoms with E-state index >= 15 is 0 Å². The Balaban J connectivity index is 0.000000761. The summed E-state index contributed by atoms with van der Waals surface area (Å²) in [5.41, 5.74) is 1.38. The van der Waals surface area contributed by atoms with Crippen LogP contribution in [-0.2, 0) is 19.5 Å². The summed E-state index contributed by atoms with van der Waals surface area (Å²) in [6.45, 7) is 28.8. The molecular formula is C26H48BF4N2P2Rh+. The van der Waals surface area contributed by atoms with Crippen molar-refractivity contribution < 1.29 is 36.7 Å². The average Bonchev–Trinajstić information content (AvgIpc) is 3.27. The maximum Gasteiger partial charge on any atom is 0.673 e.